The van der Waals surface area contributed by atoms with Crippen molar-refractivity contribution in [2.24, 2.45) is 0 Å². The number of hydrogen-bond donors (Lipinski definition) is 1. The Morgan fingerprint density at radius 1 is 1.62 bits per heavy atom. The topological polar surface area (TPSA) is 29.1 Å². The molecule has 0 spiro atoms. The van der Waals surface area contributed by atoms with Crippen LogP contribution in [0.5, 0.6) is 0 Å². The van der Waals surface area contributed by atoms with Crippen LogP contribution in [0.15, 0.2) is 35.7 Å². The zero-order chi connectivity index (χ0) is 11.5. The van der Waals surface area contributed by atoms with Crippen molar-refractivity contribution in [1.82, 2.24) is 5.32 Å². The van der Waals surface area contributed by atoms with E-state index >= 15 is 0 Å². The molecular weight excluding hydrogens is 225 g/mol. The molecule has 0 fully saturated rings. The average molecular weight is 237 g/mol. The van der Waals surface area contributed by atoms with Gasteiger partial charge in [0.1, 0.15) is 5.82 Å². The third kappa shape index (κ3) is 2.11. The molecule has 4 heteroatoms. The second kappa shape index (κ2) is 4.70. The Kier molecular flexibility index (Phi) is 3.29. The summed E-state index contributed by atoms with van der Waals surface area (Å²) in [6.45, 7) is 3.41. The molecule has 1 N–H and O–H groups in total. The van der Waals surface area contributed by atoms with Crippen molar-refractivity contribution in [3.63, 3.8) is 0 Å². The van der Waals surface area contributed by atoms with E-state index in [1.165, 1.54) is 23.9 Å². The molecule has 0 radical (unpaired) electrons. The molecule has 1 aromatic rings. The van der Waals surface area contributed by atoms with Crippen LogP contribution >= 0.6 is 11.8 Å². The summed E-state index contributed by atoms with van der Waals surface area (Å²) in [6.07, 6.45) is 2.06. The van der Waals surface area contributed by atoms with E-state index in [-0.39, 0.29) is 17.8 Å². The second-order valence-corrected chi connectivity index (χ2v) is 4.67. The fourth-order valence-electron chi connectivity index (χ4n) is 1.77. The number of fused-ring (bicyclic) bond motifs is 1. The Labute approximate surface area is 97.9 Å². The predicted octanol–water partition coefficient (Wildman–Crippen LogP) is 2.66. The maximum atomic E-state index is 13.5. The van der Waals surface area contributed by atoms with E-state index in [9.17, 15) is 9.18 Å². The third-order valence-electron chi connectivity index (χ3n) is 2.53. The molecule has 84 valence electrons. The summed E-state index contributed by atoms with van der Waals surface area (Å²) >= 11 is 1.50. The Morgan fingerprint density at radius 2 is 2.44 bits per heavy atom. The monoisotopic (exact) mass is 237 g/mol. The minimum absolute atomic E-state index is 0.0996. The largest absolute Gasteiger partial charge is 0.346 e. The van der Waals surface area contributed by atoms with Crippen molar-refractivity contribution in [3.8, 4) is 0 Å². The van der Waals surface area contributed by atoms with Gasteiger partial charge < -0.3 is 5.32 Å². The Bertz CT molecular complexity index is 433. The molecular formula is C12H12FNOS. The number of rotatable bonds is 2. The van der Waals surface area contributed by atoms with Crippen molar-refractivity contribution < 1.29 is 9.18 Å². The molecule has 0 aliphatic carbocycles. The van der Waals surface area contributed by atoms with Gasteiger partial charge in [0.15, 0.2) is 0 Å². The van der Waals surface area contributed by atoms with Gasteiger partial charge in [-0.2, -0.15) is 0 Å². The first-order valence-corrected chi connectivity index (χ1v) is 6.05. The normalized spacial score (nSPS) is 18.7. The lowest BCUT2D eigenvalue weighted by Gasteiger charge is -2.25. The van der Waals surface area contributed by atoms with Crippen LogP contribution in [-0.4, -0.2) is 11.7 Å². The highest BCUT2D eigenvalue weighted by Crippen LogP contribution is 2.37. The van der Waals surface area contributed by atoms with Crippen molar-refractivity contribution in [1.29, 1.82) is 0 Å². The van der Waals surface area contributed by atoms with E-state index in [1.807, 2.05) is 6.07 Å². The molecule has 1 unspecified atom stereocenters. The SMILES string of the molecule is C=CC(=O)NC1CCSc2c(F)cccc21. The van der Waals surface area contributed by atoms with Gasteiger partial charge in [0.2, 0.25) is 5.91 Å². The van der Waals surface area contributed by atoms with Crippen LogP contribution < -0.4 is 5.32 Å². The maximum Gasteiger partial charge on any atom is 0.243 e. The van der Waals surface area contributed by atoms with Crippen LogP contribution in [0.3, 0.4) is 0 Å². The lowest BCUT2D eigenvalue weighted by Crippen LogP contribution is -2.29. The number of carbonyl (C=O) groups is 1. The molecule has 2 nitrogen and oxygen atoms in total. The molecule has 0 aromatic heterocycles. The van der Waals surface area contributed by atoms with E-state index in [0.717, 1.165) is 17.7 Å². The lowest BCUT2D eigenvalue weighted by atomic mass is 10.0. The van der Waals surface area contributed by atoms with E-state index in [2.05, 4.69) is 11.9 Å². The smallest absolute Gasteiger partial charge is 0.243 e. The highest BCUT2D eigenvalue weighted by atomic mass is 32.2. The highest BCUT2D eigenvalue weighted by Gasteiger charge is 2.23. The molecule has 1 heterocycles. The minimum atomic E-state index is -0.216. The summed E-state index contributed by atoms with van der Waals surface area (Å²) in [5, 5.41) is 2.81. The van der Waals surface area contributed by atoms with E-state index in [4.69, 9.17) is 0 Å². The highest BCUT2D eigenvalue weighted by molar-refractivity contribution is 7.99. The summed E-state index contributed by atoms with van der Waals surface area (Å²) in [4.78, 5) is 11.9. The van der Waals surface area contributed by atoms with E-state index < -0.39 is 0 Å². The van der Waals surface area contributed by atoms with Gasteiger partial charge in [0, 0.05) is 10.6 Å². The minimum Gasteiger partial charge on any atom is -0.346 e. The lowest BCUT2D eigenvalue weighted by molar-refractivity contribution is -0.117. The van der Waals surface area contributed by atoms with Gasteiger partial charge in [0.25, 0.3) is 0 Å². The third-order valence-corrected chi connectivity index (χ3v) is 3.69. The van der Waals surface area contributed by atoms with Gasteiger partial charge >= 0.3 is 0 Å². The van der Waals surface area contributed by atoms with Crippen molar-refractivity contribution >= 4 is 17.7 Å². The van der Waals surface area contributed by atoms with E-state index in [0.29, 0.717) is 4.90 Å². The first-order chi connectivity index (χ1) is 7.72. The molecule has 2 rings (SSSR count). The van der Waals surface area contributed by atoms with Crippen LogP contribution in [0.2, 0.25) is 0 Å². The number of nitrogens with one attached hydrogen (secondary N) is 1. The molecule has 1 aliphatic rings. The van der Waals surface area contributed by atoms with Gasteiger partial charge in [-0.1, -0.05) is 18.7 Å². The fraction of sp³-hybridized carbons (Fsp3) is 0.250. The summed E-state index contributed by atoms with van der Waals surface area (Å²) < 4.78 is 13.5. The van der Waals surface area contributed by atoms with Crippen LogP contribution in [0.25, 0.3) is 0 Å². The molecule has 1 aliphatic heterocycles. The summed E-state index contributed by atoms with van der Waals surface area (Å²) in [5.74, 6) is 0.392. The number of benzene rings is 1. The molecule has 1 amide bonds. The average Bonchev–Trinajstić information content (AvgIpc) is 2.30. The van der Waals surface area contributed by atoms with Crippen molar-refractivity contribution in [2.75, 3.05) is 5.75 Å². The number of carbonyl (C=O) groups excluding carboxylic acids is 1. The molecule has 0 saturated carbocycles. The number of amides is 1. The van der Waals surface area contributed by atoms with Gasteiger partial charge in [-0.3, -0.25) is 4.79 Å². The van der Waals surface area contributed by atoms with Crippen LogP contribution in [0.1, 0.15) is 18.0 Å². The molecule has 16 heavy (non-hydrogen) atoms. The van der Waals surface area contributed by atoms with Gasteiger partial charge in [-0.25, -0.2) is 4.39 Å². The summed E-state index contributed by atoms with van der Waals surface area (Å²) in [7, 11) is 0. The van der Waals surface area contributed by atoms with Gasteiger partial charge in [-0.05, 0) is 24.1 Å². The van der Waals surface area contributed by atoms with Crippen molar-refractivity contribution in [3.05, 3.63) is 42.2 Å². The summed E-state index contributed by atoms with van der Waals surface area (Å²) in [5.41, 5.74) is 0.867. The molecule has 0 bridgehead atoms. The molecule has 0 saturated heterocycles. The van der Waals surface area contributed by atoms with Crippen LogP contribution in [0, 0.1) is 5.82 Å². The van der Waals surface area contributed by atoms with Crippen LogP contribution in [-0.2, 0) is 4.79 Å². The first kappa shape index (κ1) is 11.2. The Morgan fingerprint density at radius 3 is 3.19 bits per heavy atom. The zero-order valence-electron chi connectivity index (χ0n) is 8.70. The van der Waals surface area contributed by atoms with Crippen LogP contribution in [0.4, 0.5) is 4.39 Å². The van der Waals surface area contributed by atoms with Gasteiger partial charge in [-0.15, -0.1) is 11.8 Å². The standard InChI is InChI=1S/C12H12FNOS/c1-2-11(15)14-10-6-7-16-12-8(10)4-3-5-9(12)13/h2-5,10H,1,6-7H2,(H,14,15). The van der Waals surface area contributed by atoms with Gasteiger partial charge in [0.05, 0.1) is 6.04 Å². The first-order valence-electron chi connectivity index (χ1n) is 5.06. The Hall–Kier alpha value is -1.29. The number of halogens is 1. The summed E-state index contributed by atoms with van der Waals surface area (Å²) in [6, 6.07) is 4.88. The maximum absolute atomic E-state index is 13.5. The zero-order valence-corrected chi connectivity index (χ0v) is 9.52. The number of thioether (sulfide) groups is 1. The fourth-order valence-corrected chi connectivity index (χ4v) is 2.91. The molecule has 1 aromatic carbocycles. The van der Waals surface area contributed by atoms with E-state index in [1.54, 1.807) is 6.07 Å². The van der Waals surface area contributed by atoms with Crippen molar-refractivity contribution in [2.45, 2.75) is 17.4 Å². The predicted molar refractivity (Wildman–Crippen MR) is 62.8 cm³/mol. The second-order valence-electron chi connectivity index (χ2n) is 3.56. The quantitative estimate of drug-likeness (QED) is 0.801. The molecule has 1 atom stereocenters. The Balaban J connectivity index is 2.29. The number of hydrogen-bond acceptors (Lipinski definition) is 2.